The number of nitrogens with one attached hydrogen (secondary N) is 1. The third-order valence-electron chi connectivity index (χ3n) is 5.77. The van der Waals surface area contributed by atoms with Crippen molar-refractivity contribution in [1.82, 2.24) is 9.69 Å². The van der Waals surface area contributed by atoms with Crippen LogP contribution in [0.15, 0.2) is 48.5 Å². The van der Waals surface area contributed by atoms with Crippen LogP contribution in [0, 0.1) is 0 Å². The highest BCUT2D eigenvalue weighted by Crippen LogP contribution is 2.36. The highest BCUT2D eigenvalue weighted by atomic mass is 35.5. The summed E-state index contributed by atoms with van der Waals surface area (Å²) >= 11 is 13.3. The van der Waals surface area contributed by atoms with Crippen LogP contribution < -0.4 is 15.0 Å². The second-order valence-electron chi connectivity index (χ2n) is 7.98. The van der Waals surface area contributed by atoms with Crippen molar-refractivity contribution >= 4 is 52.2 Å². The van der Waals surface area contributed by atoms with Crippen LogP contribution in [0.25, 0.3) is 0 Å². The van der Waals surface area contributed by atoms with E-state index < -0.39 is 11.9 Å². The summed E-state index contributed by atoms with van der Waals surface area (Å²) in [6, 6.07) is 12.0. The summed E-state index contributed by atoms with van der Waals surface area (Å²) in [7, 11) is 1.52. The minimum atomic E-state index is -1.06. The molecular weight excluding hydrogens is 497 g/mol. The van der Waals surface area contributed by atoms with Crippen molar-refractivity contribution in [2.45, 2.75) is 37.8 Å². The standard InChI is InChI=1S/C24H23Cl2N3O4S/c1-33-18-8-4-7-16(13-18)29(24(32)20-19(25)22(26)34-28-20)21(14-9-11-17(30)12-10-14)23(31)27-15-5-2-3-6-15/h4,7-13,15,21,30H,2-3,5-6H2,1H3,(H,27,31)/t21-/m0/s1. The minimum absolute atomic E-state index is 0.0326. The highest BCUT2D eigenvalue weighted by Gasteiger charge is 2.37. The number of methoxy groups -OCH3 is 1. The summed E-state index contributed by atoms with van der Waals surface area (Å²) < 4.78 is 9.68. The quantitative estimate of drug-likeness (QED) is 0.423. The Hall–Kier alpha value is -2.81. The first-order valence-corrected chi connectivity index (χ1v) is 12.3. The Bertz CT molecular complexity index is 1180. The molecule has 1 atom stereocenters. The van der Waals surface area contributed by atoms with Crippen molar-refractivity contribution in [2.75, 3.05) is 12.0 Å². The SMILES string of the molecule is COc1cccc(N(C(=O)c2nsc(Cl)c2Cl)[C@H](C(=O)NC2CCCC2)c2ccc(O)cc2)c1. The molecule has 2 amide bonds. The molecule has 34 heavy (non-hydrogen) atoms. The molecular formula is C24H23Cl2N3O4S. The van der Waals surface area contributed by atoms with Crippen LogP contribution in [0.4, 0.5) is 5.69 Å². The molecule has 1 aliphatic rings. The molecule has 2 aromatic carbocycles. The lowest BCUT2D eigenvalue weighted by Crippen LogP contribution is -2.46. The minimum Gasteiger partial charge on any atom is -0.508 e. The maximum absolute atomic E-state index is 13.9. The zero-order valence-electron chi connectivity index (χ0n) is 18.3. The van der Waals surface area contributed by atoms with Gasteiger partial charge >= 0.3 is 0 Å². The molecule has 0 unspecified atom stereocenters. The number of carbonyl (C=O) groups is 2. The van der Waals surface area contributed by atoms with E-state index in [9.17, 15) is 14.7 Å². The molecule has 3 aromatic rings. The van der Waals surface area contributed by atoms with Crippen molar-refractivity contribution in [3.8, 4) is 11.5 Å². The van der Waals surface area contributed by atoms with Gasteiger partial charge in [-0.15, -0.1) is 0 Å². The number of rotatable bonds is 7. The van der Waals surface area contributed by atoms with Crippen molar-refractivity contribution in [3.63, 3.8) is 0 Å². The van der Waals surface area contributed by atoms with Crippen LogP contribution in [0.3, 0.4) is 0 Å². The Morgan fingerprint density at radius 3 is 2.50 bits per heavy atom. The molecule has 1 heterocycles. The van der Waals surface area contributed by atoms with Gasteiger partial charge in [-0.3, -0.25) is 14.5 Å². The normalized spacial score (nSPS) is 14.6. The third kappa shape index (κ3) is 5.14. The number of halogens is 2. The smallest absolute Gasteiger partial charge is 0.280 e. The number of aromatic nitrogens is 1. The van der Waals surface area contributed by atoms with Crippen molar-refractivity contribution in [1.29, 1.82) is 0 Å². The third-order valence-corrected chi connectivity index (χ3v) is 7.38. The van der Waals surface area contributed by atoms with Gasteiger partial charge in [-0.05, 0) is 54.2 Å². The molecule has 1 aliphatic carbocycles. The first-order chi connectivity index (χ1) is 16.4. The van der Waals surface area contributed by atoms with Crippen molar-refractivity contribution < 1.29 is 19.4 Å². The van der Waals surface area contributed by atoms with Crippen LogP contribution in [0.1, 0.15) is 47.8 Å². The van der Waals surface area contributed by atoms with E-state index in [0.717, 1.165) is 37.2 Å². The van der Waals surface area contributed by atoms with Gasteiger partial charge in [-0.1, -0.05) is 54.2 Å². The predicted molar refractivity (Wildman–Crippen MR) is 133 cm³/mol. The fourth-order valence-electron chi connectivity index (χ4n) is 4.07. The van der Waals surface area contributed by atoms with Gasteiger partial charge in [0.1, 0.15) is 26.9 Å². The Kier molecular flexibility index (Phi) is 7.60. The molecule has 0 aliphatic heterocycles. The molecule has 1 aromatic heterocycles. The molecule has 0 spiro atoms. The molecule has 2 N–H and O–H groups in total. The van der Waals surface area contributed by atoms with Crippen LogP contribution >= 0.6 is 34.7 Å². The van der Waals surface area contributed by atoms with E-state index in [2.05, 4.69) is 9.69 Å². The molecule has 0 saturated heterocycles. The summed E-state index contributed by atoms with van der Waals surface area (Å²) in [6.45, 7) is 0. The maximum atomic E-state index is 13.9. The maximum Gasteiger partial charge on any atom is 0.280 e. The number of phenols is 1. The fourth-order valence-corrected chi connectivity index (χ4v) is 5.06. The molecule has 1 fully saturated rings. The Morgan fingerprint density at radius 2 is 1.88 bits per heavy atom. The number of phenolic OH excluding ortho intramolecular Hbond substituents is 1. The van der Waals surface area contributed by atoms with Crippen LogP contribution in [0.5, 0.6) is 11.5 Å². The number of hydrogen-bond acceptors (Lipinski definition) is 6. The molecule has 1 saturated carbocycles. The number of nitrogens with zero attached hydrogens (tertiary/aromatic N) is 2. The average molecular weight is 520 g/mol. The summed E-state index contributed by atoms with van der Waals surface area (Å²) in [5.74, 6) is -0.363. The van der Waals surface area contributed by atoms with E-state index in [-0.39, 0.29) is 32.8 Å². The van der Waals surface area contributed by atoms with Gasteiger partial charge in [0.15, 0.2) is 5.69 Å². The number of ether oxygens (including phenoxy) is 1. The molecule has 10 heteroatoms. The van der Waals surface area contributed by atoms with Gasteiger partial charge in [0.2, 0.25) is 5.91 Å². The number of amides is 2. The zero-order chi connectivity index (χ0) is 24.2. The van der Waals surface area contributed by atoms with Gasteiger partial charge in [-0.2, -0.15) is 4.37 Å². The van der Waals surface area contributed by atoms with E-state index in [4.69, 9.17) is 27.9 Å². The Morgan fingerprint density at radius 1 is 1.18 bits per heavy atom. The fraction of sp³-hybridized carbons (Fsp3) is 0.292. The predicted octanol–water partition coefficient (Wildman–Crippen LogP) is 5.61. The number of benzene rings is 2. The average Bonchev–Trinajstić information content (AvgIpc) is 3.47. The topological polar surface area (TPSA) is 91.8 Å². The first-order valence-electron chi connectivity index (χ1n) is 10.8. The van der Waals surface area contributed by atoms with Crippen molar-refractivity contribution in [3.05, 3.63) is 69.1 Å². The molecule has 0 bridgehead atoms. The lowest BCUT2D eigenvalue weighted by Gasteiger charge is -2.32. The molecule has 178 valence electrons. The lowest BCUT2D eigenvalue weighted by atomic mass is 10.0. The molecule has 0 radical (unpaired) electrons. The summed E-state index contributed by atoms with van der Waals surface area (Å²) in [5, 5.41) is 12.9. The monoisotopic (exact) mass is 519 g/mol. The number of carbonyl (C=O) groups excluding carboxylic acids is 2. The molecule has 4 rings (SSSR count). The van der Waals surface area contributed by atoms with Crippen LogP contribution in [0.2, 0.25) is 9.36 Å². The van der Waals surface area contributed by atoms with Crippen LogP contribution in [-0.4, -0.2) is 34.4 Å². The van der Waals surface area contributed by atoms with Gasteiger partial charge in [0.05, 0.1) is 7.11 Å². The van der Waals surface area contributed by atoms with Crippen LogP contribution in [-0.2, 0) is 4.79 Å². The number of anilines is 1. The summed E-state index contributed by atoms with van der Waals surface area (Å²) in [4.78, 5) is 28.9. The van der Waals surface area contributed by atoms with Gasteiger partial charge in [0, 0.05) is 17.8 Å². The second kappa shape index (κ2) is 10.6. The van der Waals surface area contributed by atoms with Gasteiger partial charge in [-0.25, -0.2) is 0 Å². The Labute approximate surface area is 211 Å². The van der Waals surface area contributed by atoms with Gasteiger partial charge < -0.3 is 15.2 Å². The largest absolute Gasteiger partial charge is 0.508 e. The zero-order valence-corrected chi connectivity index (χ0v) is 20.7. The van der Waals surface area contributed by atoms with E-state index in [1.807, 2.05) is 0 Å². The second-order valence-corrected chi connectivity index (χ2v) is 9.73. The first kappa shape index (κ1) is 24.3. The number of hydrogen-bond donors (Lipinski definition) is 2. The van der Waals surface area contributed by atoms with Gasteiger partial charge in [0.25, 0.3) is 5.91 Å². The Balaban J connectivity index is 1.85. The number of aromatic hydroxyl groups is 1. The van der Waals surface area contributed by atoms with E-state index in [1.165, 1.54) is 24.1 Å². The summed E-state index contributed by atoms with van der Waals surface area (Å²) in [6.07, 6.45) is 3.85. The van der Waals surface area contributed by atoms with E-state index in [0.29, 0.717) is 17.0 Å². The van der Waals surface area contributed by atoms with E-state index in [1.54, 1.807) is 36.4 Å². The highest BCUT2D eigenvalue weighted by molar-refractivity contribution is 7.11. The van der Waals surface area contributed by atoms with E-state index >= 15 is 0 Å². The molecule has 7 nitrogen and oxygen atoms in total. The van der Waals surface area contributed by atoms with Crippen molar-refractivity contribution in [2.24, 2.45) is 0 Å². The lowest BCUT2D eigenvalue weighted by molar-refractivity contribution is -0.123. The summed E-state index contributed by atoms with van der Waals surface area (Å²) in [5.41, 5.74) is 0.892.